The molecule has 5 rings (SSSR count). The molecule has 8 nitrogen and oxygen atoms in total. The molecule has 3 aromatic rings. The summed E-state index contributed by atoms with van der Waals surface area (Å²) in [4.78, 5) is 28.0. The molecular weight excluding hydrogens is 445 g/mol. The average Bonchev–Trinajstić information content (AvgIpc) is 3.37. The number of likely N-dealkylation sites (N-methyl/N-ethyl adjacent to an activating group) is 1. The van der Waals surface area contributed by atoms with Crippen LogP contribution in [-0.2, 0) is 7.05 Å². The number of nitrogens with zero attached hydrogens (tertiary/aromatic N) is 6. The van der Waals surface area contributed by atoms with Crippen LogP contribution < -0.4 is 20.7 Å². The van der Waals surface area contributed by atoms with Gasteiger partial charge in [0, 0.05) is 75.4 Å². The first-order chi connectivity index (χ1) is 16.9. The lowest BCUT2D eigenvalue weighted by molar-refractivity contribution is 0.315. The summed E-state index contributed by atoms with van der Waals surface area (Å²) in [5.41, 5.74) is 2.83. The predicted octanol–water partition coefficient (Wildman–Crippen LogP) is 2.27. The van der Waals surface area contributed by atoms with E-state index in [0.29, 0.717) is 30.8 Å². The minimum absolute atomic E-state index is 0.101. The third-order valence-corrected chi connectivity index (χ3v) is 7.17. The SMILES string of the molecule is CN(C)[C@H]1CCN(c2ccc([C@H]3CN(c4nc(-c5ccncc5F)cc(=O)n4C)CCN3)cc2)C1. The highest BCUT2D eigenvalue weighted by Crippen LogP contribution is 2.27. The van der Waals surface area contributed by atoms with Crippen molar-refractivity contribution >= 4 is 11.6 Å². The molecule has 0 spiro atoms. The van der Waals surface area contributed by atoms with Crippen LogP contribution in [0.3, 0.4) is 0 Å². The first-order valence-corrected chi connectivity index (χ1v) is 12.1. The summed E-state index contributed by atoms with van der Waals surface area (Å²) in [7, 11) is 6.00. The van der Waals surface area contributed by atoms with Crippen molar-refractivity contribution in [2.24, 2.45) is 7.05 Å². The van der Waals surface area contributed by atoms with Gasteiger partial charge in [0.1, 0.15) is 0 Å². The Morgan fingerprint density at radius 3 is 2.60 bits per heavy atom. The van der Waals surface area contributed by atoms with Crippen LogP contribution >= 0.6 is 0 Å². The van der Waals surface area contributed by atoms with E-state index in [1.165, 1.54) is 34.5 Å². The molecule has 2 aliphatic heterocycles. The molecule has 9 heteroatoms. The van der Waals surface area contributed by atoms with Crippen molar-refractivity contribution in [2.75, 3.05) is 56.6 Å². The zero-order valence-corrected chi connectivity index (χ0v) is 20.5. The Bertz CT molecular complexity index is 1240. The number of piperazine rings is 1. The van der Waals surface area contributed by atoms with Crippen LogP contribution in [0.1, 0.15) is 18.0 Å². The largest absolute Gasteiger partial charge is 0.370 e. The molecule has 0 radical (unpaired) electrons. The number of aromatic nitrogens is 3. The van der Waals surface area contributed by atoms with E-state index >= 15 is 0 Å². The van der Waals surface area contributed by atoms with Gasteiger partial charge in [-0.2, -0.15) is 0 Å². The highest BCUT2D eigenvalue weighted by molar-refractivity contribution is 5.60. The third-order valence-electron chi connectivity index (χ3n) is 7.17. The highest BCUT2D eigenvalue weighted by atomic mass is 19.1. The lowest BCUT2D eigenvalue weighted by Crippen LogP contribution is -2.47. The summed E-state index contributed by atoms with van der Waals surface area (Å²) >= 11 is 0. The minimum Gasteiger partial charge on any atom is -0.370 e. The van der Waals surface area contributed by atoms with Crippen molar-refractivity contribution in [1.29, 1.82) is 0 Å². The van der Waals surface area contributed by atoms with E-state index < -0.39 is 5.82 Å². The zero-order chi connectivity index (χ0) is 24.5. The Balaban J connectivity index is 1.35. The molecule has 1 N–H and O–H groups in total. The van der Waals surface area contributed by atoms with E-state index in [-0.39, 0.29) is 17.2 Å². The summed E-state index contributed by atoms with van der Waals surface area (Å²) < 4.78 is 15.9. The van der Waals surface area contributed by atoms with E-state index in [1.54, 1.807) is 13.1 Å². The van der Waals surface area contributed by atoms with E-state index in [4.69, 9.17) is 0 Å². The molecule has 35 heavy (non-hydrogen) atoms. The third kappa shape index (κ3) is 4.78. The summed E-state index contributed by atoms with van der Waals surface area (Å²) in [6.45, 7) is 4.25. The summed E-state index contributed by atoms with van der Waals surface area (Å²) in [5, 5.41) is 3.59. The number of halogens is 1. The second-order valence-electron chi connectivity index (χ2n) is 9.59. The van der Waals surface area contributed by atoms with Crippen LogP contribution in [0.2, 0.25) is 0 Å². The second-order valence-corrected chi connectivity index (χ2v) is 9.59. The number of rotatable bonds is 5. The van der Waals surface area contributed by atoms with Crippen molar-refractivity contribution in [2.45, 2.75) is 18.5 Å². The van der Waals surface area contributed by atoms with Gasteiger partial charge in [0.05, 0.1) is 11.9 Å². The Kier molecular flexibility index (Phi) is 6.53. The molecule has 0 bridgehead atoms. The number of nitrogens with one attached hydrogen (secondary N) is 1. The topological polar surface area (TPSA) is 69.5 Å². The first-order valence-electron chi connectivity index (χ1n) is 12.1. The minimum atomic E-state index is -0.493. The fraction of sp³-hybridized carbons (Fsp3) is 0.423. The molecule has 2 aliphatic rings. The number of anilines is 2. The van der Waals surface area contributed by atoms with Crippen LogP contribution in [0.4, 0.5) is 16.0 Å². The number of hydrogen-bond acceptors (Lipinski definition) is 7. The van der Waals surface area contributed by atoms with E-state index in [2.05, 4.69) is 68.3 Å². The normalized spacial score (nSPS) is 20.6. The number of benzene rings is 1. The molecule has 0 unspecified atom stereocenters. The van der Waals surface area contributed by atoms with Gasteiger partial charge in [0.25, 0.3) is 5.56 Å². The Hall–Kier alpha value is -3.30. The molecule has 0 amide bonds. The van der Waals surface area contributed by atoms with E-state index in [9.17, 15) is 9.18 Å². The molecule has 184 valence electrons. The predicted molar refractivity (Wildman–Crippen MR) is 136 cm³/mol. The molecule has 2 fully saturated rings. The average molecular weight is 478 g/mol. The molecule has 1 aromatic carbocycles. The summed E-state index contributed by atoms with van der Waals surface area (Å²) in [6.07, 6.45) is 3.83. The van der Waals surface area contributed by atoms with Gasteiger partial charge in [0.2, 0.25) is 5.95 Å². The van der Waals surface area contributed by atoms with Crippen molar-refractivity contribution in [3.05, 3.63) is 70.5 Å². The lowest BCUT2D eigenvalue weighted by atomic mass is 10.0. The van der Waals surface area contributed by atoms with E-state index in [0.717, 1.165) is 25.8 Å². The molecule has 2 atom stereocenters. The second kappa shape index (κ2) is 9.75. The first kappa shape index (κ1) is 23.4. The van der Waals surface area contributed by atoms with Crippen LogP contribution in [-0.4, -0.2) is 72.3 Å². The smallest absolute Gasteiger partial charge is 0.255 e. The fourth-order valence-electron chi connectivity index (χ4n) is 5.00. The van der Waals surface area contributed by atoms with Crippen LogP contribution in [0.25, 0.3) is 11.3 Å². The lowest BCUT2D eigenvalue weighted by Gasteiger charge is -2.35. The Morgan fingerprint density at radius 2 is 1.89 bits per heavy atom. The van der Waals surface area contributed by atoms with E-state index in [1.807, 2.05) is 0 Å². The Labute approximate surface area is 205 Å². The van der Waals surface area contributed by atoms with Gasteiger partial charge in [-0.05, 0) is 44.3 Å². The molecule has 2 aromatic heterocycles. The van der Waals surface area contributed by atoms with Crippen LogP contribution in [0.15, 0.2) is 53.6 Å². The number of hydrogen-bond donors (Lipinski definition) is 1. The zero-order valence-electron chi connectivity index (χ0n) is 20.5. The molecule has 4 heterocycles. The molecule has 2 saturated heterocycles. The quantitative estimate of drug-likeness (QED) is 0.605. The van der Waals surface area contributed by atoms with Gasteiger partial charge in [0.15, 0.2) is 5.82 Å². The van der Waals surface area contributed by atoms with Gasteiger partial charge in [-0.25, -0.2) is 9.37 Å². The standard InChI is InChI=1S/C26H32FN7O/c1-31(2)20-9-12-33(16-20)19-6-4-18(5-7-19)24-17-34(13-11-29-24)26-30-23(14-25(35)32(26)3)21-8-10-28-15-22(21)27/h4-8,10,14-15,20,24,29H,9,11-13,16-17H2,1-3H3/t20-,24+/m0/s1. The summed E-state index contributed by atoms with van der Waals surface area (Å²) in [5.74, 6) is 0.0472. The van der Waals surface area contributed by atoms with Crippen LogP contribution in [0, 0.1) is 5.82 Å². The molecule has 0 saturated carbocycles. The molecule has 0 aliphatic carbocycles. The van der Waals surface area contributed by atoms with Gasteiger partial charge >= 0.3 is 0 Å². The van der Waals surface area contributed by atoms with Gasteiger partial charge in [-0.3, -0.25) is 14.3 Å². The van der Waals surface area contributed by atoms with Crippen molar-refractivity contribution in [3.8, 4) is 11.3 Å². The Morgan fingerprint density at radius 1 is 1.09 bits per heavy atom. The monoisotopic (exact) mass is 477 g/mol. The highest BCUT2D eigenvalue weighted by Gasteiger charge is 2.26. The van der Waals surface area contributed by atoms with Crippen LogP contribution in [0.5, 0.6) is 0 Å². The fourth-order valence-corrected chi connectivity index (χ4v) is 5.00. The maximum atomic E-state index is 14.3. The van der Waals surface area contributed by atoms with Crippen molar-refractivity contribution in [1.82, 2.24) is 24.8 Å². The van der Waals surface area contributed by atoms with Crippen molar-refractivity contribution in [3.63, 3.8) is 0 Å². The van der Waals surface area contributed by atoms with Gasteiger partial charge in [-0.15, -0.1) is 0 Å². The number of pyridine rings is 1. The molecular formula is C26H32FN7O. The summed E-state index contributed by atoms with van der Waals surface area (Å²) in [6, 6.07) is 12.4. The maximum absolute atomic E-state index is 14.3. The van der Waals surface area contributed by atoms with Crippen molar-refractivity contribution < 1.29 is 4.39 Å². The van der Waals surface area contributed by atoms with Gasteiger partial charge in [-0.1, -0.05) is 12.1 Å². The maximum Gasteiger partial charge on any atom is 0.255 e. The van der Waals surface area contributed by atoms with Gasteiger partial charge < -0.3 is 20.0 Å².